The topological polar surface area (TPSA) is 155 Å². The maximum atomic E-state index is 14.5. The van der Waals surface area contributed by atoms with Gasteiger partial charge in [0, 0.05) is 48.1 Å². The summed E-state index contributed by atoms with van der Waals surface area (Å²) < 4.78 is 45.7. The summed E-state index contributed by atoms with van der Waals surface area (Å²) in [5.74, 6) is -2.19. The summed E-state index contributed by atoms with van der Waals surface area (Å²) >= 11 is 0. The van der Waals surface area contributed by atoms with Crippen molar-refractivity contribution in [3.63, 3.8) is 0 Å². The molecule has 1 aliphatic heterocycles. The van der Waals surface area contributed by atoms with Crippen molar-refractivity contribution in [2.24, 2.45) is 10.1 Å². The zero-order valence-corrected chi connectivity index (χ0v) is 26.4. The fourth-order valence-electron chi connectivity index (χ4n) is 5.07. The highest BCUT2D eigenvalue weighted by Crippen LogP contribution is 2.44. The Morgan fingerprint density at radius 2 is 1.85 bits per heavy atom. The average Bonchev–Trinajstić information content (AvgIpc) is 3.43. The van der Waals surface area contributed by atoms with E-state index in [1.807, 2.05) is 0 Å². The summed E-state index contributed by atoms with van der Waals surface area (Å²) in [7, 11) is 0. The van der Waals surface area contributed by atoms with Crippen molar-refractivity contribution in [1.82, 2.24) is 5.32 Å². The van der Waals surface area contributed by atoms with E-state index in [4.69, 9.17) is 29.8 Å². The number of amides is 1. The molecular weight excluding hydrogens is 612 g/mol. The molecule has 1 amide bonds. The Balaban J connectivity index is 1.79. The molecule has 0 aromatic heterocycles. The van der Waals surface area contributed by atoms with E-state index in [0.717, 1.165) is 12.1 Å². The highest BCUT2D eigenvalue weighted by Gasteiger charge is 2.53. The van der Waals surface area contributed by atoms with E-state index < -0.39 is 40.8 Å². The molecule has 1 aliphatic rings. The molecule has 1 heterocycles. The van der Waals surface area contributed by atoms with Crippen molar-refractivity contribution in [2.75, 3.05) is 13.2 Å². The number of aliphatic hydroxyl groups is 1. The molecule has 0 saturated carbocycles. The van der Waals surface area contributed by atoms with E-state index in [1.54, 1.807) is 69.3 Å². The van der Waals surface area contributed by atoms with E-state index in [2.05, 4.69) is 15.3 Å². The van der Waals surface area contributed by atoms with E-state index in [-0.39, 0.29) is 44.0 Å². The smallest absolute Gasteiger partial charge is 0.306 e. The van der Waals surface area contributed by atoms with Gasteiger partial charge in [-0.05, 0) is 74.2 Å². The number of benzene rings is 3. The van der Waals surface area contributed by atoms with Gasteiger partial charge >= 0.3 is 5.97 Å². The molecule has 248 valence electrons. The molecule has 0 radical (unpaired) electrons. The Morgan fingerprint density at radius 3 is 2.53 bits per heavy atom. The van der Waals surface area contributed by atoms with Crippen LogP contribution in [0.25, 0.3) is 10.4 Å². The fourth-order valence-corrected chi connectivity index (χ4v) is 5.07. The minimum absolute atomic E-state index is 0.00743. The summed E-state index contributed by atoms with van der Waals surface area (Å²) in [6, 6.07) is 16.8. The Morgan fingerprint density at radius 1 is 1.11 bits per heavy atom. The summed E-state index contributed by atoms with van der Waals surface area (Å²) in [5.41, 5.74) is 8.08. The summed E-state index contributed by atoms with van der Waals surface area (Å²) in [6.07, 6.45) is -1.02. The van der Waals surface area contributed by atoms with E-state index in [0.29, 0.717) is 35.5 Å². The van der Waals surface area contributed by atoms with Crippen LogP contribution in [0, 0.1) is 11.6 Å². The molecule has 11 nitrogen and oxygen atoms in total. The number of carbonyl (C=O) groups excluding carboxylic acids is 2. The largest absolute Gasteiger partial charge is 0.494 e. The van der Waals surface area contributed by atoms with Crippen LogP contribution in [-0.4, -0.2) is 47.2 Å². The number of hydrogen-bond acceptors (Lipinski definition) is 8. The third-order valence-corrected chi connectivity index (χ3v) is 7.26. The lowest BCUT2D eigenvalue weighted by atomic mass is 9.81. The van der Waals surface area contributed by atoms with Crippen molar-refractivity contribution in [3.05, 3.63) is 111 Å². The fraction of sp³-hybridized carbons (Fsp3) is 0.382. The summed E-state index contributed by atoms with van der Waals surface area (Å²) in [6.45, 7) is 5.15. The van der Waals surface area contributed by atoms with Crippen LogP contribution < -0.4 is 10.1 Å². The van der Waals surface area contributed by atoms with Crippen LogP contribution in [0.4, 0.5) is 8.78 Å². The Kier molecular flexibility index (Phi) is 11.5. The van der Waals surface area contributed by atoms with Gasteiger partial charge in [-0.1, -0.05) is 35.4 Å². The number of carbonyl (C=O) groups is 2. The van der Waals surface area contributed by atoms with Crippen molar-refractivity contribution >= 4 is 17.8 Å². The third-order valence-electron chi connectivity index (χ3n) is 7.26. The molecule has 0 bridgehead atoms. The second-order valence-corrected chi connectivity index (χ2v) is 11.9. The first kappa shape index (κ1) is 34.9. The quantitative estimate of drug-likeness (QED) is 0.0694. The van der Waals surface area contributed by atoms with Crippen LogP contribution in [0.1, 0.15) is 68.4 Å². The molecule has 13 heteroatoms. The lowest BCUT2D eigenvalue weighted by Crippen LogP contribution is -2.48. The normalized spacial score (nSPS) is 17.2. The number of rotatable bonds is 14. The second kappa shape index (κ2) is 15.5. The second-order valence-electron chi connectivity index (χ2n) is 11.9. The Labute approximate surface area is 271 Å². The monoisotopic (exact) mass is 649 g/mol. The molecule has 3 aromatic rings. The first-order valence-corrected chi connectivity index (χ1v) is 15.1. The van der Waals surface area contributed by atoms with Crippen molar-refractivity contribution in [2.45, 2.75) is 70.4 Å². The number of nitrogens with zero attached hydrogens (tertiary/aromatic N) is 4. The van der Waals surface area contributed by atoms with Gasteiger partial charge in [-0.15, -0.1) is 0 Å². The lowest BCUT2D eigenvalue weighted by Gasteiger charge is -2.32. The number of hydrogen-bond donors (Lipinski definition) is 2. The average molecular weight is 650 g/mol. The van der Waals surface area contributed by atoms with Gasteiger partial charge in [0.15, 0.2) is 11.6 Å². The van der Waals surface area contributed by atoms with Crippen LogP contribution in [-0.2, 0) is 32.2 Å². The standard InChI is InChI=1S/C34H37F2N5O6/c1-33(2,3)47-29(43)15-16-34(32(44)38-20-24-9-12-25(35)19-28(24)36)30(27-8-5-4-7-23(27)21-39-41-37)46-31(40-34)22-10-13-26(14-11-22)45-18-6-17-42/h4-5,7-14,19,30,42H,6,15-18,20-21H2,1-3H3,(H,38,44)/t30-,34-/m1/s1. The molecular formula is C34H37F2N5O6. The van der Waals surface area contributed by atoms with Gasteiger partial charge in [-0.25, -0.2) is 13.8 Å². The SMILES string of the molecule is CC(C)(C)OC(=O)CC[C@@]1(C(=O)NCc2ccc(F)cc2F)N=C(c2ccc(OCCCO)cc2)O[C@@H]1c1ccccc1CN=[N+]=[N-]. The minimum Gasteiger partial charge on any atom is -0.494 e. The maximum absolute atomic E-state index is 14.5. The zero-order valence-electron chi connectivity index (χ0n) is 26.4. The van der Waals surface area contributed by atoms with Crippen molar-refractivity contribution < 1.29 is 37.7 Å². The van der Waals surface area contributed by atoms with Gasteiger partial charge in [0.2, 0.25) is 5.90 Å². The number of nitrogens with one attached hydrogen (secondary N) is 1. The Hall–Kier alpha value is -5.00. The molecule has 0 saturated heterocycles. The van der Waals surface area contributed by atoms with Gasteiger partial charge in [0.25, 0.3) is 5.91 Å². The van der Waals surface area contributed by atoms with Crippen LogP contribution in [0.2, 0.25) is 0 Å². The van der Waals surface area contributed by atoms with Gasteiger partial charge in [-0.2, -0.15) is 0 Å². The van der Waals surface area contributed by atoms with Crippen molar-refractivity contribution in [1.29, 1.82) is 0 Å². The Bertz CT molecular complexity index is 1650. The van der Waals surface area contributed by atoms with Gasteiger partial charge in [-0.3, -0.25) is 9.59 Å². The lowest BCUT2D eigenvalue weighted by molar-refractivity contribution is -0.155. The zero-order chi connectivity index (χ0) is 34.0. The number of aliphatic imine (C=N–C) groups is 1. The van der Waals surface area contributed by atoms with Crippen LogP contribution >= 0.6 is 0 Å². The number of ether oxygens (including phenoxy) is 3. The van der Waals surface area contributed by atoms with E-state index in [9.17, 15) is 18.4 Å². The minimum atomic E-state index is -1.77. The van der Waals surface area contributed by atoms with Crippen LogP contribution in [0.5, 0.6) is 5.75 Å². The molecule has 2 atom stereocenters. The molecule has 0 aliphatic carbocycles. The molecule has 3 aromatic carbocycles. The van der Waals surface area contributed by atoms with Gasteiger partial charge < -0.3 is 24.6 Å². The number of aliphatic hydroxyl groups excluding tert-OH is 1. The van der Waals surface area contributed by atoms with Gasteiger partial charge in [0.1, 0.15) is 23.0 Å². The molecule has 47 heavy (non-hydrogen) atoms. The first-order valence-electron chi connectivity index (χ1n) is 15.1. The third kappa shape index (κ3) is 9.05. The van der Waals surface area contributed by atoms with Crippen LogP contribution in [0.15, 0.2) is 76.8 Å². The van der Waals surface area contributed by atoms with Crippen LogP contribution in [0.3, 0.4) is 0 Å². The number of halogens is 2. The van der Waals surface area contributed by atoms with Gasteiger partial charge in [0.05, 0.1) is 13.2 Å². The predicted molar refractivity (Wildman–Crippen MR) is 169 cm³/mol. The maximum Gasteiger partial charge on any atom is 0.306 e. The molecule has 2 N–H and O–H groups in total. The summed E-state index contributed by atoms with van der Waals surface area (Å²) in [4.78, 5) is 35.0. The number of esters is 1. The number of azide groups is 1. The highest BCUT2D eigenvalue weighted by atomic mass is 19.1. The molecule has 0 fully saturated rings. The molecule has 4 rings (SSSR count). The van der Waals surface area contributed by atoms with E-state index in [1.165, 1.54) is 6.07 Å². The van der Waals surface area contributed by atoms with Crippen molar-refractivity contribution in [3.8, 4) is 5.75 Å². The first-order chi connectivity index (χ1) is 22.5. The highest BCUT2D eigenvalue weighted by molar-refractivity contribution is 6.01. The molecule has 0 spiro atoms. The van der Waals surface area contributed by atoms with E-state index >= 15 is 0 Å². The predicted octanol–water partition coefficient (Wildman–Crippen LogP) is 6.23. The molecule has 0 unspecified atom stereocenters. The summed E-state index contributed by atoms with van der Waals surface area (Å²) in [5, 5.41) is 15.5.